The Hall–Kier alpha value is -2.68. The molecule has 2 aromatic heterocycles. The number of nitrogen functional groups attached to an aromatic ring is 1. The number of hydrogen-bond acceptors (Lipinski definition) is 7. The van der Waals surface area contributed by atoms with Crippen molar-refractivity contribution >= 4 is 28.9 Å². The highest BCUT2D eigenvalue weighted by molar-refractivity contribution is 5.84. The number of hydrogen-bond donors (Lipinski definition) is 4. The molecule has 25 heavy (non-hydrogen) atoms. The van der Waals surface area contributed by atoms with Gasteiger partial charge in [0.2, 0.25) is 5.95 Å². The monoisotopic (exact) mass is 346 g/mol. The highest BCUT2D eigenvalue weighted by Gasteiger charge is 2.26. The van der Waals surface area contributed by atoms with E-state index in [-0.39, 0.29) is 24.5 Å². The normalized spacial score (nSPS) is 21.8. The summed E-state index contributed by atoms with van der Waals surface area (Å²) in [7, 11) is 0. The van der Waals surface area contributed by atoms with Crippen molar-refractivity contribution in [3.63, 3.8) is 0 Å². The number of aliphatic carboxylic acids is 1. The van der Waals surface area contributed by atoms with Crippen LogP contribution in [0, 0.1) is 5.92 Å². The minimum Gasteiger partial charge on any atom is -0.481 e. The van der Waals surface area contributed by atoms with Crippen LogP contribution in [0.3, 0.4) is 0 Å². The van der Waals surface area contributed by atoms with Gasteiger partial charge in [-0.15, -0.1) is 0 Å². The Morgan fingerprint density at radius 3 is 2.72 bits per heavy atom. The molecule has 2 atom stereocenters. The first-order valence-electron chi connectivity index (χ1n) is 8.23. The number of aromatic nitrogens is 4. The standard InChI is InChI=1S/C14H18N6O.C2H4O2/c15-14-18-12(17-9-2-3-9)11-13(19-14)20(7-16-11)10-4-1-8(5-10)6-21;1-2(3)4/h1,4,7-10,21H,2-3,5-6H2,(H3,15,17,18,19);1H3,(H,3,4)/t8-,10+;/m1./s1. The molecule has 134 valence electrons. The summed E-state index contributed by atoms with van der Waals surface area (Å²) in [6.07, 6.45) is 9.10. The van der Waals surface area contributed by atoms with Gasteiger partial charge in [-0.1, -0.05) is 12.2 Å². The van der Waals surface area contributed by atoms with E-state index in [9.17, 15) is 5.11 Å². The molecule has 0 aromatic carbocycles. The Kier molecular flexibility index (Phi) is 4.84. The van der Waals surface area contributed by atoms with Crippen LogP contribution in [0.2, 0.25) is 0 Å². The first-order chi connectivity index (χ1) is 12.0. The fraction of sp³-hybridized carbons (Fsp3) is 0.500. The van der Waals surface area contributed by atoms with Crippen LogP contribution in [0.4, 0.5) is 11.8 Å². The molecule has 5 N–H and O–H groups in total. The Bertz CT molecular complexity index is 795. The van der Waals surface area contributed by atoms with Crippen LogP contribution in [0.1, 0.15) is 32.2 Å². The Morgan fingerprint density at radius 1 is 1.40 bits per heavy atom. The lowest BCUT2D eigenvalue weighted by atomic mass is 10.1. The van der Waals surface area contributed by atoms with Crippen molar-refractivity contribution in [2.24, 2.45) is 5.92 Å². The second-order valence-corrected chi connectivity index (χ2v) is 6.32. The van der Waals surface area contributed by atoms with Crippen LogP contribution in [0.15, 0.2) is 18.5 Å². The second-order valence-electron chi connectivity index (χ2n) is 6.32. The molecule has 2 aliphatic carbocycles. The maximum atomic E-state index is 9.26. The maximum Gasteiger partial charge on any atom is 0.300 e. The molecule has 1 saturated carbocycles. The van der Waals surface area contributed by atoms with Gasteiger partial charge in [-0.3, -0.25) is 4.79 Å². The second kappa shape index (κ2) is 7.06. The average Bonchev–Trinajstić information content (AvgIpc) is 3.08. The fourth-order valence-corrected chi connectivity index (χ4v) is 2.79. The van der Waals surface area contributed by atoms with Gasteiger partial charge in [0.05, 0.1) is 12.4 Å². The third-order valence-corrected chi connectivity index (χ3v) is 4.10. The molecule has 0 radical (unpaired) electrons. The molecule has 9 heteroatoms. The summed E-state index contributed by atoms with van der Waals surface area (Å²) in [5.74, 6) is 0.350. The molecule has 4 rings (SSSR count). The van der Waals surface area contributed by atoms with E-state index in [0.29, 0.717) is 6.04 Å². The molecule has 0 spiro atoms. The zero-order chi connectivity index (χ0) is 18.0. The summed E-state index contributed by atoms with van der Waals surface area (Å²) in [6.45, 7) is 1.26. The van der Waals surface area contributed by atoms with Crippen LogP contribution in [0.5, 0.6) is 0 Å². The molecule has 0 bridgehead atoms. The Labute approximate surface area is 144 Å². The van der Waals surface area contributed by atoms with Crippen LogP contribution in [-0.4, -0.2) is 48.4 Å². The summed E-state index contributed by atoms with van der Waals surface area (Å²) >= 11 is 0. The highest BCUT2D eigenvalue weighted by Crippen LogP contribution is 2.32. The number of nitrogens with one attached hydrogen (secondary N) is 1. The van der Waals surface area contributed by atoms with Gasteiger partial charge in [0.25, 0.3) is 5.97 Å². The first kappa shape index (κ1) is 17.2. The number of rotatable bonds is 4. The van der Waals surface area contributed by atoms with E-state index in [1.54, 1.807) is 6.33 Å². The van der Waals surface area contributed by atoms with Gasteiger partial charge in [0.1, 0.15) is 0 Å². The van der Waals surface area contributed by atoms with E-state index in [0.717, 1.165) is 43.2 Å². The molecule has 9 nitrogen and oxygen atoms in total. The molecule has 2 heterocycles. The van der Waals surface area contributed by atoms with Gasteiger partial charge in [-0.2, -0.15) is 9.97 Å². The van der Waals surface area contributed by atoms with E-state index in [4.69, 9.17) is 15.6 Å². The minimum absolute atomic E-state index is 0.162. The number of nitrogens with zero attached hydrogens (tertiary/aromatic N) is 4. The van der Waals surface area contributed by atoms with Gasteiger partial charge < -0.3 is 25.8 Å². The fourth-order valence-electron chi connectivity index (χ4n) is 2.79. The molecule has 0 amide bonds. The van der Waals surface area contributed by atoms with E-state index in [2.05, 4.69) is 26.3 Å². The Balaban J connectivity index is 0.000000415. The quantitative estimate of drug-likeness (QED) is 0.605. The largest absolute Gasteiger partial charge is 0.481 e. The van der Waals surface area contributed by atoms with Crippen molar-refractivity contribution in [3.05, 3.63) is 18.5 Å². The third-order valence-electron chi connectivity index (χ3n) is 4.10. The lowest BCUT2D eigenvalue weighted by Crippen LogP contribution is -2.10. The number of carboxylic acids is 1. The number of nitrogens with two attached hydrogens (primary N) is 1. The summed E-state index contributed by atoms with van der Waals surface area (Å²) in [4.78, 5) is 22.1. The molecule has 2 aliphatic rings. The van der Waals surface area contributed by atoms with Gasteiger partial charge in [-0.25, -0.2) is 4.98 Å². The van der Waals surface area contributed by atoms with Crippen molar-refractivity contribution in [2.75, 3.05) is 17.7 Å². The van der Waals surface area contributed by atoms with E-state index >= 15 is 0 Å². The lowest BCUT2D eigenvalue weighted by Gasteiger charge is -2.13. The number of carboxylic acid groups (broad SMARTS) is 1. The topological polar surface area (TPSA) is 139 Å². The SMILES string of the molecule is CC(=O)O.Nc1nc(NC2CC2)c2ncn([C@H]3C=C[C@@H](CO)C3)c2n1. The van der Waals surface area contributed by atoms with Crippen molar-refractivity contribution in [1.82, 2.24) is 19.5 Å². The van der Waals surface area contributed by atoms with Crippen LogP contribution < -0.4 is 11.1 Å². The number of imidazole rings is 1. The predicted molar refractivity (Wildman–Crippen MR) is 93.1 cm³/mol. The van der Waals surface area contributed by atoms with Crippen molar-refractivity contribution in [2.45, 2.75) is 38.3 Å². The van der Waals surface area contributed by atoms with Gasteiger partial charge in [0, 0.05) is 25.5 Å². The molecular weight excluding hydrogens is 324 g/mol. The van der Waals surface area contributed by atoms with Crippen LogP contribution in [-0.2, 0) is 4.79 Å². The molecule has 0 aliphatic heterocycles. The van der Waals surface area contributed by atoms with E-state index in [1.807, 2.05) is 10.6 Å². The van der Waals surface area contributed by atoms with Crippen molar-refractivity contribution in [1.29, 1.82) is 0 Å². The summed E-state index contributed by atoms with van der Waals surface area (Å²) < 4.78 is 2.01. The third kappa shape index (κ3) is 4.05. The summed E-state index contributed by atoms with van der Waals surface area (Å²) in [5.41, 5.74) is 7.35. The molecule has 0 saturated heterocycles. The Morgan fingerprint density at radius 2 is 2.12 bits per heavy atom. The summed E-state index contributed by atoms with van der Waals surface area (Å²) in [5, 5.41) is 20.0. The van der Waals surface area contributed by atoms with E-state index < -0.39 is 5.97 Å². The van der Waals surface area contributed by atoms with E-state index in [1.165, 1.54) is 0 Å². The number of anilines is 2. The number of fused-ring (bicyclic) bond motifs is 1. The van der Waals surface area contributed by atoms with Gasteiger partial charge >= 0.3 is 0 Å². The summed E-state index contributed by atoms with van der Waals surface area (Å²) in [6, 6.07) is 0.646. The number of allylic oxidation sites excluding steroid dienone is 1. The predicted octanol–water partition coefficient (Wildman–Crippen LogP) is 1.18. The van der Waals surface area contributed by atoms with Gasteiger partial charge in [-0.05, 0) is 19.3 Å². The molecule has 0 unspecified atom stereocenters. The van der Waals surface area contributed by atoms with Gasteiger partial charge in [0.15, 0.2) is 17.0 Å². The zero-order valence-electron chi connectivity index (χ0n) is 14.0. The number of aliphatic hydroxyl groups excluding tert-OH is 1. The average molecular weight is 346 g/mol. The molecule has 2 aromatic rings. The first-order valence-corrected chi connectivity index (χ1v) is 8.23. The minimum atomic E-state index is -0.833. The molecule has 1 fully saturated rings. The zero-order valence-corrected chi connectivity index (χ0v) is 14.0. The molecular formula is C16H22N6O3. The van der Waals surface area contributed by atoms with Crippen molar-refractivity contribution in [3.8, 4) is 0 Å². The number of aliphatic hydroxyl groups is 1. The highest BCUT2D eigenvalue weighted by atomic mass is 16.4. The van der Waals surface area contributed by atoms with Crippen LogP contribution in [0.25, 0.3) is 11.2 Å². The smallest absolute Gasteiger partial charge is 0.300 e. The maximum absolute atomic E-state index is 9.26. The lowest BCUT2D eigenvalue weighted by molar-refractivity contribution is -0.134. The van der Waals surface area contributed by atoms with Crippen molar-refractivity contribution < 1.29 is 15.0 Å². The van der Waals surface area contributed by atoms with Crippen LogP contribution >= 0.6 is 0 Å². The number of carbonyl (C=O) groups is 1.